The number of nitrogens with zero attached hydrogens (tertiary/aromatic N) is 2. The lowest BCUT2D eigenvalue weighted by molar-refractivity contribution is 0.0952. The molecule has 0 bridgehead atoms. The first-order chi connectivity index (χ1) is 9.16. The molecule has 0 atom stereocenters. The fourth-order valence-electron chi connectivity index (χ4n) is 1.85. The van der Waals surface area contributed by atoms with Crippen LogP contribution in [0.1, 0.15) is 28.2 Å². The van der Waals surface area contributed by atoms with Crippen LogP contribution in [0.4, 0.5) is 5.69 Å². The van der Waals surface area contributed by atoms with Crippen molar-refractivity contribution < 1.29 is 4.79 Å². The minimum Gasteiger partial charge on any atom is -0.399 e. The van der Waals surface area contributed by atoms with E-state index in [-0.39, 0.29) is 5.91 Å². The van der Waals surface area contributed by atoms with Crippen LogP contribution in [0.2, 0.25) is 0 Å². The molecule has 6 heteroatoms. The number of anilines is 1. The normalized spacial score (nSPS) is 10.4. The van der Waals surface area contributed by atoms with Gasteiger partial charge in [0.1, 0.15) is 12.2 Å². The molecule has 0 saturated carbocycles. The zero-order chi connectivity index (χ0) is 13.7. The van der Waals surface area contributed by atoms with Crippen molar-refractivity contribution in [3.63, 3.8) is 0 Å². The standard InChI is InChI=1S/C13H17N5O/c1-9-7-10(14)4-5-11(9)13(19)15-6-2-3-12-16-8-17-18-12/h4-5,7-8H,2-3,6,14H2,1H3,(H,15,19)(H,16,17,18). The van der Waals surface area contributed by atoms with Crippen molar-refractivity contribution in [2.24, 2.45) is 0 Å². The number of aromatic nitrogens is 3. The molecule has 1 heterocycles. The number of carbonyl (C=O) groups is 1. The summed E-state index contributed by atoms with van der Waals surface area (Å²) in [5.41, 5.74) is 7.86. The summed E-state index contributed by atoms with van der Waals surface area (Å²) in [6.07, 6.45) is 3.06. The minimum atomic E-state index is -0.0740. The van der Waals surface area contributed by atoms with Gasteiger partial charge < -0.3 is 11.1 Å². The molecule has 2 aromatic rings. The molecule has 19 heavy (non-hydrogen) atoms. The molecule has 100 valence electrons. The van der Waals surface area contributed by atoms with Crippen LogP contribution in [0.25, 0.3) is 0 Å². The maximum Gasteiger partial charge on any atom is 0.251 e. The SMILES string of the molecule is Cc1cc(N)ccc1C(=O)NCCCc1ncn[nH]1. The van der Waals surface area contributed by atoms with Crippen LogP contribution in [0.5, 0.6) is 0 Å². The van der Waals surface area contributed by atoms with Gasteiger partial charge in [-0.25, -0.2) is 4.98 Å². The molecule has 0 aliphatic heterocycles. The van der Waals surface area contributed by atoms with Gasteiger partial charge in [-0.3, -0.25) is 9.89 Å². The zero-order valence-electron chi connectivity index (χ0n) is 10.8. The average Bonchev–Trinajstić information content (AvgIpc) is 2.87. The zero-order valence-corrected chi connectivity index (χ0v) is 10.8. The Balaban J connectivity index is 1.81. The molecular weight excluding hydrogens is 242 g/mol. The number of carbonyl (C=O) groups excluding carboxylic acids is 1. The number of nitrogens with one attached hydrogen (secondary N) is 2. The van der Waals surface area contributed by atoms with Crippen molar-refractivity contribution in [2.45, 2.75) is 19.8 Å². The summed E-state index contributed by atoms with van der Waals surface area (Å²) >= 11 is 0. The second-order valence-corrected chi connectivity index (χ2v) is 4.37. The Bertz CT molecular complexity index is 550. The van der Waals surface area contributed by atoms with Crippen LogP contribution in [0.3, 0.4) is 0 Å². The number of hydrogen-bond donors (Lipinski definition) is 3. The van der Waals surface area contributed by atoms with Gasteiger partial charge in [0.25, 0.3) is 5.91 Å². The number of aromatic amines is 1. The van der Waals surface area contributed by atoms with Gasteiger partial charge in [-0.15, -0.1) is 0 Å². The summed E-state index contributed by atoms with van der Waals surface area (Å²) < 4.78 is 0. The van der Waals surface area contributed by atoms with E-state index < -0.39 is 0 Å². The number of nitrogen functional groups attached to an aromatic ring is 1. The number of H-pyrrole nitrogens is 1. The number of benzene rings is 1. The van der Waals surface area contributed by atoms with Gasteiger partial charge in [0, 0.05) is 24.2 Å². The highest BCUT2D eigenvalue weighted by Crippen LogP contribution is 2.12. The molecule has 0 aliphatic carbocycles. The largest absolute Gasteiger partial charge is 0.399 e. The van der Waals surface area contributed by atoms with Gasteiger partial charge in [0.05, 0.1) is 0 Å². The van der Waals surface area contributed by atoms with Gasteiger partial charge in [0.2, 0.25) is 0 Å². The van der Waals surface area contributed by atoms with Gasteiger partial charge >= 0.3 is 0 Å². The van der Waals surface area contributed by atoms with Crippen LogP contribution >= 0.6 is 0 Å². The maximum atomic E-state index is 12.0. The van der Waals surface area contributed by atoms with E-state index in [9.17, 15) is 4.79 Å². The Labute approximate surface area is 111 Å². The highest BCUT2D eigenvalue weighted by molar-refractivity contribution is 5.95. The number of nitrogens with two attached hydrogens (primary N) is 1. The molecule has 1 aromatic heterocycles. The number of rotatable bonds is 5. The predicted octanol–water partition coefficient (Wildman–Crippen LogP) is 1.06. The van der Waals surface area contributed by atoms with E-state index in [1.54, 1.807) is 18.2 Å². The third-order valence-corrected chi connectivity index (χ3v) is 2.84. The lowest BCUT2D eigenvalue weighted by Crippen LogP contribution is -2.25. The van der Waals surface area contributed by atoms with Crippen LogP contribution in [0, 0.1) is 6.92 Å². The lowest BCUT2D eigenvalue weighted by Gasteiger charge is -2.07. The summed E-state index contributed by atoms with van der Waals surface area (Å²) in [7, 11) is 0. The summed E-state index contributed by atoms with van der Waals surface area (Å²) in [5, 5.41) is 9.43. The molecule has 0 saturated heterocycles. The quantitative estimate of drug-likeness (QED) is 0.552. The predicted molar refractivity (Wildman–Crippen MR) is 72.6 cm³/mol. The van der Waals surface area contributed by atoms with E-state index in [0.717, 1.165) is 24.2 Å². The molecule has 1 aromatic carbocycles. The van der Waals surface area contributed by atoms with Crippen molar-refractivity contribution in [3.05, 3.63) is 41.5 Å². The van der Waals surface area contributed by atoms with E-state index in [4.69, 9.17) is 5.73 Å². The second-order valence-electron chi connectivity index (χ2n) is 4.37. The summed E-state index contributed by atoms with van der Waals surface area (Å²) in [4.78, 5) is 16.0. The molecule has 6 nitrogen and oxygen atoms in total. The van der Waals surface area contributed by atoms with Crippen molar-refractivity contribution in [1.29, 1.82) is 0 Å². The average molecular weight is 259 g/mol. The molecule has 0 unspecified atom stereocenters. The lowest BCUT2D eigenvalue weighted by atomic mass is 10.1. The monoisotopic (exact) mass is 259 g/mol. The molecule has 4 N–H and O–H groups in total. The Hall–Kier alpha value is -2.37. The Morgan fingerprint density at radius 1 is 1.47 bits per heavy atom. The fourth-order valence-corrected chi connectivity index (χ4v) is 1.85. The highest BCUT2D eigenvalue weighted by atomic mass is 16.1. The van der Waals surface area contributed by atoms with Gasteiger partial charge in [-0.2, -0.15) is 5.10 Å². The van der Waals surface area contributed by atoms with E-state index >= 15 is 0 Å². The Morgan fingerprint density at radius 2 is 2.32 bits per heavy atom. The van der Waals surface area contributed by atoms with E-state index in [1.165, 1.54) is 6.33 Å². The third kappa shape index (κ3) is 3.54. The summed E-state index contributed by atoms with van der Waals surface area (Å²) in [5.74, 6) is 0.757. The first-order valence-electron chi connectivity index (χ1n) is 6.15. The van der Waals surface area contributed by atoms with Crippen LogP contribution < -0.4 is 11.1 Å². The number of aryl methyl sites for hydroxylation is 2. The minimum absolute atomic E-state index is 0.0740. The van der Waals surface area contributed by atoms with Crippen LogP contribution in [-0.4, -0.2) is 27.6 Å². The molecule has 1 amide bonds. The molecular formula is C13H17N5O. The van der Waals surface area contributed by atoms with Gasteiger partial charge in [-0.1, -0.05) is 0 Å². The fraction of sp³-hybridized carbons (Fsp3) is 0.308. The van der Waals surface area contributed by atoms with Crippen molar-refractivity contribution in [2.75, 3.05) is 12.3 Å². The number of hydrogen-bond acceptors (Lipinski definition) is 4. The molecule has 0 aliphatic rings. The first-order valence-corrected chi connectivity index (χ1v) is 6.15. The first kappa shape index (κ1) is 13.1. The van der Waals surface area contributed by atoms with Gasteiger partial charge in [0.15, 0.2) is 0 Å². The smallest absolute Gasteiger partial charge is 0.251 e. The van der Waals surface area contributed by atoms with Crippen LogP contribution in [0.15, 0.2) is 24.5 Å². The molecule has 2 rings (SSSR count). The Morgan fingerprint density at radius 3 is 3.00 bits per heavy atom. The van der Waals surface area contributed by atoms with Crippen molar-refractivity contribution >= 4 is 11.6 Å². The number of amides is 1. The molecule has 0 radical (unpaired) electrons. The highest BCUT2D eigenvalue weighted by Gasteiger charge is 2.08. The third-order valence-electron chi connectivity index (χ3n) is 2.84. The van der Waals surface area contributed by atoms with Crippen molar-refractivity contribution in [1.82, 2.24) is 20.5 Å². The Kier molecular flexibility index (Phi) is 4.12. The maximum absolute atomic E-state index is 12.0. The van der Waals surface area contributed by atoms with Crippen molar-refractivity contribution in [3.8, 4) is 0 Å². The summed E-state index contributed by atoms with van der Waals surface area (Å²) in [6, 6.07) is 5.27. The van der Waals surface area contributed by atoms with Gasteiger partial charge in [-0.05, 0) is 37.1 Å². The van der Waals surface area contributed by atoms with E-state index in [2.05, 4.69) is 20.5 Å². The van der Waals surface area contributed by atoms with E-state index in [1.807, 2.05) is 6.92 Å². The molecule has 0 spiro atoms. The van der Waals surface area contributed by atoms with E-state index in [0.29, 0.717) is 17.8 Å². The molecule has 0 fully saturated rings. The summed E-state index contributed by atoms with van der Waals surface area (Å²) in [6.45, 7) is 2.48. The van der Waals surface area contributed by atoms with Crippen LogP contribution in [-0.2, 0) is 6.42 Å². The topological polar surface area (TPSA) is 96.7 Å². The second kappa shape index (κ2) is 5.99.